The van der Waals surface area contributed by atoms with Gasteiger partial charge in [-0.2, -0.15) is 0 Å². The van der Waals surface area contributed by atoms with Gasteiger partial charge in [-0.3, -0.25) is 0 Å². The molecular formula is C20H30O2. The van der Waals surface area contributed by atoms with Crippen LogP contribution in [0.15, 0.2) is 42.0 Å². The van der Waals surface area contributed by atoms with Crippen LogP contribution in [0.1, 0.15) is 51.5 Å². The van der Waals surface area contributed by atoms with Gasteiger partial charge in [0.15, 0.2) is 0 Å². The Balaban J connectivity index is 0.000000224. The molecule has 122 valence electrons. The SMILES string of the molecule is CC(C=O)C1=CCCCC1.CC(CCO)Cc1ccccc1. The fourth-order valence-corrected chi connectivity index (χ4v) is 2.70. The van der Waals surface area contributed by atoms with Gasteiger partial charge in [-0.15, -0.1) is 0 Å². The van der Waals surface area contributed by atoms with Crippen LogP contribution in [0, 0.1) is 11.8 Å². The van der Waals surface area contributed by atoms with Crippen molar-refractivity contribution in [3.8, 4) is 0 Å². The molecule has 2 atom stereocenters. The second-order valence-electron chi connectivity index (χ2n) is 6.26. The number of carbonyl (C=O) groups is 1. The van der Waals surface area contributed by atoms with Gasteiger partial charge >= 0.3 is 0 Å². The Labute approximate surface area is 135 Å². The lowest BCUT2D eigenvalue weighted by Gasteiger charge is -2.14. The van der Waals surface area contributed by atoms with Crippen LogP contribution in [0.2, 0.25) is 0 Å². The summed E-state index contributed by atoms with van der Waals surface area (Å²) in [6.07, 6.45) is 10.1. The molecule has 0 amide bonds. The smallest absolute Gasteiger partial charge is 0.126 e. The topological polar surface area (TPSA) is 37.3 Å². The van der Waals surface area contributed by atoms with Crippen LogP contribution in [0.5, 0.6) is 0 Å². The first-order valence-electron chi connectivity index (χ1n) is 8.46. The molecule has 1 aromatic rings. The van der Waals surface area contributed by atoms with E-state index in [4.69, 9.17) is 5.11 Å². The minimum atomic E-state index is 0.167. The number of hydrogen-bond acceptors (Lipinski definition) is 2. The first kappa shape index (κ1) is 18.6. The summed E-state index contributed by atoms with van der Waals surface area (Å²) in [5.41, 5.74) is 2.71. The molecule has 0 spiro atoms. The Hall–Kier alpha value is -1.41. The van der Waals surface area contributed by atoms with E-state index in [-0.39, 0.29) is 5.92 Å². The molecule has 0 bridgehead atoms. The average Bonchev–Trinajstić information content (AvgIpc) is 2.56. The summed E-state index contributed by atoms with van der Waals surface area (Å²) in [5, 5.41) is 8.71. The van der Waals surface area contributed by atoms with Crippen LogP contribution in [-0.2, 0) is 11.2 Å². The minimum absolute atomic E-state index is 0.167. The molecule has 2 nitrogen and oxygen atoms in total. The molecule has 0 saturated carbocycles. The third kappa shape index (κ3) is 7.56. The van der Waals surface area contributed by atoms with E-state index in [2.05, 4.69) is 37.3 Å². The van der Waals surface area contributed by atoms with Gasteiger partial charge in [0.25, 0.3) is 0 Å². The predicted molar refractivity (Wildman–Crippen MR) is 92.8 cm³/mol. The van der Waals surface area contributed by atoms with E-state index in [0.29, 0.717) is 12.5 Å². The minimum Gasteiger partial charge on any atom is -0.396 e. The monoisotopic (exact) mass is 302 g/mol. The number of benzene rings is 1. The van der Waals surface area contributed by atoms with Crippen molar-refractivity contribution in [2.75, 3.05) is 6.61 Å². The Kier molecular flexibility index (Phi) is 9.49. The van der Waals surface area contributed by atoms with Crippen molar-refractivity contribution in [2.24, 2.45) is 11.8 Å². The highest BCUT2D eigenvalue weighted by molar-refractivity contribution is 5.58. The van der Waals surface area contributed by atoms with E-state index in [1.807, 2.05) is 13.0 Å². The van der Waals surface area contributed by atoms with Crippen molar-refractivity contribution < 1.29 is 9.90 Å². The fraction of sp³-hybridized carbons (Fsp3) is 0.550. The van der Waals surface area contributed by atoms with Gasteiger partial charge in [0.2, 0.25) is 0 Å². The van der Waals surface area contributed by atoms with Gasteiger partial charge in [-0.25, -0.2) is 0 Å². The lowest BCUT2D eigenvalue weighted by atomic mass is 9.91. The maximum Gasteiger partial charge on any atom is 0.126 e. The quantitative estimate of drug-likeness (QED) is 0.617. The zero-order valence-electron chi connectivity index (χ0n) is 14.0. The number of aldehydes is 1. The molecule has 2 heteroatoms. The summed E-state index contributed by atoms with van der Waals surface area (Å²) >= 11 is 0. The molecule has 2 rings (SSSR count). The summed E-state index contributed by atoms with van der Waals surface area (Å²) in [6, 6.07) is 10.4. The summed E-state index contributed by atoms with van der Waals surface area (Å²) in [4.78, 5) is 10.4. The number of aliphatic hydroxyl groups is 1. The molecule has 0 fully saturated rings. The number of aliphatic hydroxyl groups excluding tert-OH is 1. The molecular weight excluding hydrogens is 272 g/mol. The van der Waals surface area contributed by atoms with Crippen molar-refractivity contribution >= 4 is 6.29 Å². The Morgan fingerprint density at radius 1 is 1.18 bits per heavy atom. The van der Waals surface area contributed by atoms with Crippen molar-refractivity contribution in [3.05, 3.63) is 47.5 Å². The lowest BCUT2D eigenvalue weighted by molar-refractivity contribution is -0.109. The van der Waals surface area contributed by atoms with Gasteiger partial charge < -0.3 is 9.90 Å². The second-order valence-corrected chi connectivity index (χ2v) is 6.26. The van der Waals surface area contributed by atoms with Crippen LogP contribution in [-0.4, -0.2) is 18.0 Å². The second kappa shape index (κ2) is 11.2. The maximum absolute atomic E-state index is 10.4. The van der Waals surface area contributed by atoms with Gasteiger partial charge in [0.1, 0.15) is 6.29 Å². The van der Waals surface area contributed by atoms with E-state index < -0.39 is 0 Å². The van der Waals surface area contributed by atoms with Crippen LogP contribution >= 0.6 is 0 Å². The molecule has 0 radical (unpaired) electrons. The molecule has 2 unspecified atom stereocenters. The average molecular weight is 302 g/mol. The van der Waals surface area contributed by atoms with Gasteiger partial charge in [0.05, 0.1) is 0 Å². The highest BCUT2D eigenvalue weighted by Crippen LogP contribution is 2.22. The van der Waals surface area contributed by atoms with Crippen LogP contribution in [0.3, 0.4) is 0 Å². The summed E-state index contributed by atoms with van der Waals surface area (Å²) < 4.78 is 0. The summed E-state index contributed by atoms with van der Waals surface area (Å²) in [7, 11) is 0. The molecule has 1 aliphatic carbocycles. The van der Waals surface area contributed by atoms with Crippen LogP contribution in [0.4, 0.5) is 0 Å². The zero-order valence-corrected chi connectivity index (χ0v) is 14.0. The Morgan fingerprint density at radius 3 is 2.45 bits per heavy atom. The van der Waals surface area contributed by atoms with Crippen LogP contribution < -0.4 is 0 Å². The molecule has 1 N–H and O–H groups in total. The Morgan fingerprint density at radius 2 is 1.91 bits per heavy atom. The van der Waals surface area contributed by atoms with E-state index in [0.717, 1.165) is 25.5 Å². The van der Waals surface area contributed by atoms with Crippen molar-refractivity contribution in [1.29, 1.82) is 0 Å². The first-order chi connectivity index (χ1) is 10.7. The highest BCUT2D eigenvalue weighted by atomic mass is 16.3. The van der Waals surface area contributed by atoms with Crippen molar-refractivity contribution in [2.45, 2.75) is 52.4 Å². The number of hydrogen-bond donors (Lipinski definition) is 1. The predicted octanol–water partition coefficient (Wildman–Crippen LogP) is 4.57. The fourth-order valence-electron chi connectivity index (χ4n) is 2.70. The number of carbonyl (C=O) groups excluding carboxylic acids is 1. The van der Waals surface area contributed by atoms with E-state index in [9.17, 15) is 4.79 Å². The van der Waals surface area contributed by atoms with Crippen molar-refractivity contribution in [3.63, 3.8) is 0 Å². The molecule has 0 aliphatic heterocycles. The van der Waals surface area contributed by atoms with Crippen LogP contribution in [0.25, 0.3) is 0 Å². The molecule has 1 aromatic carbocycles. The molecule has 0 heterocycles. The number of rotatable bonds is 6. The van der Waals surface area contributed by atoms with E-state index in [1.54, 1.807) is 0 Å². The van der Waals surface area contributed by atoms with E-state index >= 15 is 0 Å². The standard InChI is InChI=1S/C11H16O.C9H14O/c1-10(7-8-12)9-11-5-3-2-4-6-11;1-8(7-10)9-5-3-2-4-6-9/h2-6,10,12H,7-9H2,1H3;5,7-8H,2-4,6H2,1H3. The molecule has 22 heavy (non-hydrogen) atoms. The van der Waals surface area contributed by atoms with Gasteiger partial charge in [-0.05, 0) is 50.0 Å². The summed E-state index contributed by atoms with van der Waals surface area (Å²) in [6.45, 7) is 4.45. The Bertz CT molecular complexity index is 436. The van der Waals surface area contributed by atoms with Gasteiger partial charge in [0, 0.05) is 12.5 Å². The van der Waals surface area contributed by atoms with Crippen molar-refractivity contribution in [1.82, 2.24) is 0 Å². The third-order valence-electron chi connectivity index (χ3n) is 4.16. The number of allylic oxidation sites excluding steroid dienone is 2. The zero-order chi connectivity index (χ0) is 16.2. The van der Waals surface area contributed by atoms with Gasteiger partial charge in [-0.1, -0.05) is 55.8 Å². The third-order valence-corrected chi connectivity index (χ3v) is 4.16. The highest BCUT2D eigenvalue weighted by Gasteiger charge is 2.09. The normalized spacial score (nSPS) is 16.8. The maximum atomic E-state index is 10.4. The first-order valence-corrected chi connectivity index (χ1v) is 8.46. The molecule has 1 aliphatic rings. The largest absolute Gasteiger partial charge is 0.396 e. The molecule has 0 aromatic heterocycles. The summed E-state index contributed by atoms with van der Waals surface area (Å²) in [5.74, 6) is 0.748. The lowest BCUT2D eigenvalue weighted by Crippen LogP contribution is -2.03. The molecule has 0 saturated heterocycles. The van der Waals surface area contributed by atoms with E-state index in [1.165, 1.54) is 30.4 Å².